The second-order valence-corrected chi connectivity index (χ2v) is 10.4. The predicted octanol–water partition coefficient (Wildman–Crippen LogP) is 5.66. The Balaban J connectivity index is 0.000000512. The molecule has 0 radical (unpaired) electrons. The molecule has 2 unspecified atom stereocenters. The quantitative estimate of drug-likeness (QED) is 0.513. The van der Waals surface area contributed by atoms with E-state index in [9.17, 15) is 9.00 Å². The first-order valence-corrected chi connectivity index (χ1v) is 12.8. The zero-order valence-electron chi connectivity index (χ0n) is 19.5. The third-order valence-corrected chi connectivity index (χ3v) is 5.87. The number of nitrogens with zero attached hydrogens (tertiary/aromatic N) is 1. The van der Waals surface area contributed by atoms with Gasteiger partial charge in [0, 0.05) is 6.26 Å². The summed E-state index contributed by atoms with van der Waals surface area (Å²) in [5.74, 6) is 0.609. The molecule has 0 saturated carbocycles. The maximum Gasteiger partial charge on any atom is 0.405 e. The summed E-state index contributed by atoms with van der Waals surface area (Å²) in [5, 5.41) is 0. The molecule has 6 nitrogen and oxygen atoms in total. The van der Waals surface area contributed by atoms with Gasteiger partial charge in [0.2, 0.25) is 0 Å². The number of ether oxygens (including phenoxy) is 1. The Morgan fingerprint density at radius 3 is 2.32 bits per heavy atom. The molecule has 2 rings (SSSR count). The Hall–Kier alpha value is -1.77. The van der Waals surface area contributed by atoms with Crippen molar-refractivity contribution >= 4 is 28.5 Å². The maximum absolute atomic E-state index is 10.8. The average Bonchev–Trinajstić information content (AvgIpc) is 3.06. The summed E-state index contributed by atoms with van der Waals surface area (Å²) in [6.07, 6.45) is 5.28. The molecule has 31 heavy (non-hydrogen) atoms. The number of aromatic nitrogens is 1. The number of thiazole rings is 1. The maximum atomic E-state index is 10.8. The van der Waals surface area contributed by atoms with E-state index in [4.69, 9.17) is 9.92 Å². The van der Waals surface area contributed by atoms with Crippen LogP contribution in [0, 0.1) is 12.8 Å². The zero-order chi connectivity index (χ0) is 23.4. The minimum atomic E-state index is -1.14. The lowest BCUT2D eigenvalue weighted by atomic mass is 9.98. The van der Waals surface area contributed by atoms with E-state index in [2.05, 4.69) is 47.8 Å². The van der Waals surface area contributed by atoms with Crippen LogP contribution in [0.25, 0.3) is 10.4 Å². The van der Waals surface area contributed by atoms with E-state index in [0.29, 0.717) is 12.5 Å². The molecule has 1 aromatic carbocycles. The molecular formula is C23H36N2O4S2. The largest absolute Gasteiger partial charge is 0.444 e. The van der Waals surface area contributed by atoms with Gasteiger partial charge >= 0.3 is 6.09 Å². The van der Waals surface area contributed by atoms with Crippen molar-refractivity contribution in [3.05, 3.63) is 41.0 Å². The fourth-order valence-corrected chi connectivity index (χ4v) is 4.01. The van der Waals surface area contributed by atoms with E-state index in [1.54, 1.807) is 38.4 Å². The molecule has 2 aromatic rings. The molecule has 0 aliphatic rings. The highest BCUT2D eigenvalue weighted by Crippen LogP contribution is 2.27. The number of rotatable bonds is 9. The number of carbonyl (C=O) groups is 1. The molecule has 0 bridgehead atoms. The Bertz CT molecular complexity index is 814. The van der Waals surface area contributed by atoms with Crippen molar-refractivity contribution < 1.29 is 17.9 Å². The van der Waals surface area contributed by atoms with Gasteiger partial charge in [-0.3, -0.25) is 4.18 Å². The summed E-state index contributed by atoms with van der Waals surface area (Å²) >= 11 is 0.557. The molecule has 0 aliphatic heterocycles. The van der Waals surface area contributed by atoms with Gasteiger partial charge in [-0.25, -0.2) is 14.0 Å². The first-order chi connectivity index (χ1) is 14.5. The average molecular weight is 469 g/mol. The van der Waals surface area contributed by atoms with Crippen LogP contribution in [-0.4, -0.2) is 33.7 Å². The Kier molecular flexibility index (Phi) is 12.0. The number of carbonyl (C=O) groups excluding carboxylic acids is 1. The highest BCUT2D eigenvalue weighted by Gasteiger charge is 2.12. The van der Waals surface area contributed by atoms with Gasteiger partial charge < -0.3 is 10.5 Å². The molecule has 1 amide bonds. The van der Waals surface area contributed by atoms with Crippen LogP contribution in [0.3, 0.4) is 0 Å². The highest BCUT2D eigenvalue weighted by atomic mass is 32.2. The third kappa shape index (κ3) is 12.6. The lowest BCUT2D eigenvalue weighted by Gasteiger charge is -2.16. The van der Waals surface area contributed by atoms with Gasteiger partial charge in [0.25, 0.3) is 0 Å². The van der Waals surface area contributed by atoms with E-state index in [1.807, 2.05) is 5.51 Å². The van der Waals surface area contributed by atoms with Gasteiger partial charge in [0.1, 0.15) is 5.60 Å². The molecular weight excluding hydrogens is 432 g/mol. The number of aryl methyl sites for hydroxylation is 2. The van der Waals surface area contributed by atoms with E-state index in [-0.39, 0.29) is 0 Å². The van der Waals surface area contributed by atoms with Crippen LogP contribution < -0.4 is 5.73 Å². The monoisotopic (exact) mass is 468 g/mol. The number of hydrogen-bond acceptors (Lipinski definition) is 6. The molecule has 174 valence electrons. The number of benzene rings is 1. The third-order valence-electron chi connectivity index (χ3n) is 4.39. The highest BCUT2D eigenvalue weighted by molar-refractivity contribution is 7.79. The number of hydrogen-bond donors (Lipinski definition) is 1. The Morgan fingerprint density at radius 2 is 1.87 bits per heavy atom. The number of amides is 1. The van der Waals surface area contributed by atoms with Gasteiger partial charge in [-0.05, 0) is 64.0 Å². The molecule has 8 heteroatoms. The molecule has 1 heterocycles. The fourth-order valence-electron chi connectivity index (χ4n) is 2.87. The lowest BCUT2D eigenvalue weighted by molar-refractivity contribution is 0.0600. The van der Waals surface area contributed by atoms with Gasteiger partial charge in [-0.15, -0.1) is 11.3 Å². The summed E-state index contributed by atoms with van der Waals surface area (Å²) < 4.78 is 20.5. The molecule has 0 aliphatic carbocycles. The summed E-state index contributed by atoms with van der Waals surface area (Å²) in [5.41, 5.74) is 9.91. The van der Waals surface area contributed by atoms with Crippen LogP contribution >= 0.6 is 11.3 Å². The predicted molar refractivity (Wildman–Crippen MR) is 129 cm³/mol. The minimum absolute atomic E-state index is 0.453. The number of primary amides is 1. The first kappa shape index (κ1) is 27.3. The summed E-state index contributed by atoms with van der Waals surface area (Å²) in [7, 11) is 0. The van der Waals surface area contributed by atoms with E-state index in [1.165, 1.54) is 28.8 Å². The molecule has 2 N–H and O–H groups in total. The van der Waals surface area contributed by atoms with E-state index >= 15 is 0 Å². The zero-order valence-corrected chi connectivity index (χ0v) is 21.1. The van der Waals surface area contributed by atoms with E-state index in [0.717, 1.165) is 18.5 Å². The Morgan fingerprint density at radius 1 is 1.23 bits per heavy atom. The molecule has 0 saturated heterocycles. The number of nitrogens with two attached hydrogens (primary N) is 1. The molecule has 0 spiro atoms. The van der Waals surface area contributed by atoms with Crippen molar-refractivity contribution in [2.24, 2.45) is 11.7 Å². The van der Waals surface area contributed by atoms with Crippen molar-refractivity contribution in [2.45, 2.75) is 65.9 Å². The van der Waals surface area contributed by atoms with Crippen LogP contribution in [0.2, 0.25) is 0 Å². The van der Waals surface area contributed by atoms with Crippen LogP contribution in [0.1, 0.15) is 58.2 Å². The minimum Gasteiger partial charge on any atom is -0.444 e. The van der Waals surface area contributed by atoms with Crippen molar-refractivity contribution in [3.63, 3.8) is 0 Å². The van der Waals surface area contributed by atoms with Gasteiger partial charge in [-0.1, -0.05) is 37.6 Å². The van der Waals surface area contributed by atoms with Gasteiger partial charge in [0.05, 0.1) is 22.7 Å². The second-order valence-electron chi connectivity index (χ2n) is 8.51. The Labute approximate surface area is 193 Å². The summed E-state index contributed by atoms with van der Waals surface area (Å²) in [4.78, 5) is 15.6. The molecule has 2 atom stereocenters. The molecule has 0 fully saturated rings. The summed E-state index contributed by atoms with van der Waals surface area (Å²) in [6.45, 7) is 10.2. The fraction of sp³-hybridized carbons (Fsp3) is 0.565. The lowest BCUT2D eigenvalue weighted by Crippen LogP contribution is -2.27. The van der Waals surface area contributed by atoms with Crippen LogP contribution in [0.5, 0.6) is 0 Å². The van der Waals surface area contributed by atoms with E-state index < -0.39 is 22.8 Å². The van der Waals surface area contributed by atoms with Crippen molar-refractivity contribution in [3.8, 4) is 10.4 Å². The SMILES string of the molecule is CC(C)(C)OC(N)=O.Cc1ncsc1-c1ccc(CCCC(C)CCOS(C)=O)cc1. The van der Waals surface area contributed by atoms with Crippen molar-refractivity contribution in [1.29, 1.82) is 0 Å². The normalized spacial score (nSPS) is 13.1. The van der Waals surface area contributed by atoms with Crippen molar-refractivity contribution in [2.75, 3.05) is 12.9 Å². The topological polar surface area (TPSA) is 91.5 Å². The van der Waals surface area contributed by atoms with Gasteiger partial charge in [0.15, 0.2) is 11.1 Å². The standard InChI is InChI=1S/C18H25NO2S2.C5H11NO2/c1-14(11-12-21-23(3)20)5-4-6-16-7-9-17(10-8-16)18-15(2)19-13-22-18;1-5(2,3)8-4(6)7/h7-10,13-14H,4-6,11-12H2,1-3H3;1-3H3,(H2,6,7). The smallest absolute Gasteiger partial charge is 0.405 e. The second kappa shape index (κ2) is 13.6. The molecule has 1 aromatic heterocycles. The van der Waals surface area contributed by atoms with Crippen LogP contribution in [0.4, 0.5) is 4.79 Å². The first-order valence-electron chi connectivity index (χ1n) is 10.4. The van der Waals surface area contributed by atoms with Gasteiger partial charge in [-0.2, -0.15) is 0 Å². The van der Waals surface area contributed by atoms with Crippen LogP contribution in [0.15, 0.2) is 29.8 Å². The summed E-state index contributed by atoms with van der Waals surface area (Å²) in [6, 6.07) is 8.85. The van der Waals surface area contributed by atoms with Crippen LogP contribution in [-0.2, 0) is 26.4 Å². The van der Waals surface area contributed by atoms with Crippen molar-refractivity contribution in [1.82, 2.24) is 4.98 Å².